The minimum absolute atomic E-state index is 0.252. The molecule has 0 unspecified atom stereocenters. The molecule has 1 amide bonds. The highest BCUT2D eigenvalue weighted by Crippen LogP contribution is 2.25. The molecule has 0 aliphatic heterocycles. The van der Waals surface area contributed by atoms with Gasteiger partial charge in [-0.3, -0.25) is 9.48 Å². The SMILES string of the molecule is CN(Cc1ccnn1C)C(=O)C1CCCCC1. The first-order valence-electron chi connectivity index (χ1n) is 6.40. The molecule has 1 aliphatic rings. The summed E-state index contributed by atoms with van der Waals surface area (Å²) in [5.41, 5.74) is 1.08. The molecule has 1 aliphatic carbocycles. The van der Waals surface area contributed by atoms with E-state index in [1.807, 2.05) is 29.7 Å². The highest BCUT2D eigenvalue weighted by molar-refractivity contribution is 5.78. The summed E-state index contributed by atoms with van der Waals surface area (Å²) >= 11 is 0. The lowest BCUT2D eigenvalue weighted by Crippen LogP contribution is -2.34. The Balaban J connectivity index is 1.93. The molecule has 0 radical (unpaired) electrons. The predicted octanol–water partition coefficient (Wildman–Crippen LogP) is 1.96. The van der Waals surface area contributed by atoms with Crippen molar-refractivity contribution in [3.8, 4) is 0 Å². The molecule has 1 fully saturated rings. The van der Waals surface area contributed by atoms with Crippen molar-refractivity contribution >= 4 is 5.91 Å². The first kappa shape index (κ1) is 12.1. The average molecular weight is 235 g/mol. The molecule has 1 saturated carbocycles. The molecule has 1 heterocycles. The van der Waals surface area contributed by atoms with E-state index in [4.69, 9.17) is 0 Å². The minimum atomic E-state index is 0.252. The van der Waals surface area contributed by atoms with E-state index in [0.29, 0.717) is 12.5 Å². The van der Waals surface area contributed by atoms with Gasteiger partial charge >= 0.3 is 0 Å². The van der Waals surface area contributed by atoms with E-state index in [1.54, 1.807) is 6.20 Å². The van der Waals surface area contributed by atoms with Crippen LogP contribution in [0, 0.1) is 5.92 Å². The van der Waals surface area contributed by atoms with Crippen LogP contribution < -0.4 is 0 Å². The smallest absolute Gasteiger partial charge is 0.225 e. The van der Waals surface area contributed by atoms with E-state index in [0.717, 1.165) is 18.5 Å². The maximum Gasteiger partial charge on any atom is 0.225 e. The molecule has 1 aromatic rings. The number of aromatic nitrogens is 2. The summed E-state index contributed by atoms with van der Waals surface area (Å²) in [7, 11) is 3.80. The van der Waals surface area contributed by atoms with Gasteiger partial charge in [0.1, 0.15) is 0 Å². The second-order valence-corrected chi connectivity index (χ2v) is 4.98. The Morgan fingerprint density at radius 3 is 2.76 bits per heavy atom. The first-order valence-corrected chi connectivity index (χ1v) is 6.40. The van der Waals surface area contributed by atoms with Crippen molar-refractivity contribution in [3.05, 3.63) is 18.0 Å². The van der Waals surface area contributed by atoms with Crippen LogP contribution in [0.3, 0.4) is 0 Å². The third-order valence-corrected chi connectivity index (χ3v) is 3.65. The Bertz CT molecular complexity index is 380. The normalized spacial score (nSPS) is 17.1. The molecule has 0 N–H and O–H groups in total. The molecule has 1 aromatic heterocycles. The molecule has 0 spiro atoms. The van der Waals surface area contributed by atoms with E-state index >= 15 is 0 Å². The summed E-state index contributed by atoms with van der Waals surface area (Å²) in [5.74, 6) is 0.549. The number of rotatable bonds is 3. The second kappa shape index (κ2) is 5.34. The number of hydrogen-bond acceptors (Lipinski definition) is 2. The summed E-state index contributed by atoms with van der Waals surface area (Å²) in [5, 5.41) is 4.12. The van der Waals surface area contributed by atoms with E-state index in [-0.39, 0.29) is 5.92 Å². The van der Waals surface area contributed by atoms with Gasteiger partial charge in [-0.1, -0.05) is 19.3 Å². The van der Waals surface area contributed by atoms with Gasteiger partial charge in [0, 0.05) is 26.2 Å². The van der Waals surface area contributed by atoms with E-state index in [1.165, 1.54) is 19.3 Å². The van der Waals surface area contributed by atoms with Crippen LogP contribution in [0.1, 0.15) is 37.8 Å². The van der Waals surface area contributed by atoms with Crippen LogP contribution in [-0.2, 0) is 18.4 Å². The van der Waals surface area contributed by atoms with E-state index in [2.05, 4.69) is 5.10 Å². The number of amides is 1. The molecule has 94 valence electrons. The van der Waals surface area contributed by atoms with Gasteiger partial charge in [-0.25, -0.2) is 0 Å². The largest absolute Gasteiger partial charge is 0.340 e. The second-order valence-electron chi connectivity index (χ2n) is 4.98. The number of carbonyl (C=O) groups excluding carboxylic acids is 1. The number of nitrogens with zero attached hydrogens (tertiary/aromatic N) is 3. The lowest BCUT2D eigenvalue weighted by atomic mass is 9.88. The van der Waals surface area contributed by atoms with E-state index < -0.39 is 0 Å². The van der Waals surface area contributed by atoms with Crippen molar-refractivity contribution in [3.63, 3.8) is 0 Å². The van der Waals surface area contributed by atoms with Crippen molar-refractivity contribution in [1.29, 1.82) is 0 Å². The molecule has 0 saturated heterocycles. The lowest BCUT2D eigenvalue weighted by Gasteiger charge is -2.26. The fourth-order valence-electron chi connectivity index (χ4n) is 2.54. The molecular formula is C13H21N3O. The van der Waals surface area contributed by atoms with Gasteiger partial charge in [0.25, 0.3) is 0 Å². The van der Waals surface area contributed by atoms with Gasteiger partial charge in [0.15, 0.2) is 0 Å². The van der Waals surface area contributed by atoms with Gasteiger partial charge in [-0.2, -0.15) is 5.10 Å². The molecule has 17 heavy (non-hydrogen) atoms. The third-order valence-electron chi connectivity index (χ3n) is 3.65. The summed E-state index contributed by atoms with van der Waals surface area (Å²) in [6.45, 7) is 0.659. The molecule has 0 aromatic carbocycles. The van der Waals surface area contributed by atoms with Crippen LogP contribution in [0.2, 0.25) is 0 Å². The monoisotopic (exact) mass is 235 g/mol. The highest BCUT2D eigenvalue weighted by Gasteiger charge is 2.24. The molecule has 2 rings (SSSR count). The standard InChI is InChI=1S/C13H21N3O/c1-15(10-12-8-9-14-16(12)2)13(17)11-6-4-3-5-7-11/h8-9,11H,3-7,10H2,1-2H3. The van der Waals surface area contributed by atoms with Crippen LogP contribution in [-0.4, -0.2) is 27.6 Å². The van der Waals surface area contributed by atoms with Gasteiger partial charge in [0.2, 0.25) is 5.91 Å². The van der Waals surface area contributed by atoms with E-state index in [9.17, 15) is 4.79 Å². The zero-order chi connectivity index (χ0) is 12.3. The zero-order valence-electron chi connectivity index (χ0n) is 10.7. The Hall–Kier alpha value is -1.32. The van der Waals surface area contributed by atoms with Crippen LogP contribution in [0.15, 0.2) is 12.3 Å². The number of hydrogen-bond donors (Lipinski definition) is 0. The van der Waals surface area contributed by atoms with Crippen LogP contribution >= 0.6 is 0 Å². The summed E-state index contributed by atoms with van der Waals surface area (Å²) < 4.78 is 1.82. The fourth-order valence-corrected chi connectivity index (χ4v) is 2.54. The third kappa shape index (κ3) is 2.87. The van der Waals surface area contributed by atoms with Crippen LogP contribution in [0.4, 0.5) is 0 Å². The van der Waals surface area contributed by atoms with Gasteiger partial charge in [-0.05, 0) is 18.9 Å². The minimum Gasteiger partial charge on any atom is -0.340 e. The van der Waals surface area contributed by atoms with Crippen molar-refractivity contribution in [1.82, 2.24) is 14.7 Å². The van der Waals surface area contributed by atoms with Crippen molar-refractivity contribution in [2.75, 3.05) is 7.05 Å². The van der Waals surface area contributed by atoms with Crippen molar-refractivity contribution < 1.29 is 4.79 Å². The number of carbonyl (C=O) groups is 1. The fraction of sp³-hybridized carbons (Fsp3) is 0.692. The zero-order valence-corrected chi connectivity index (χ0v) is 10.7. The summed E-state index contributed by atoms with van der Waals surface area (Å²) in [6.07, 6.45) is 7.60. The number of aryl methyl sites for hydroxylation is 1. The quantitative estimate of drug-likeness (QED) is 0.803. The summed E-state index contributed by atoms with van der Waals surface area (Å²) in [4.78, 5) is 14.1. The van der Waals surface area contributed by atoms with Crippen molar-refractivity contribution in [2.24, 2.45) is 13.0 Å². The van der Waals surface area contributed by atoms with Gasteiger partial charge < -0.3 is 4.90 Å². The molecule has 0 bridgehead atoms. The topological polar surface area (TPSA) is 38.1 Å². The maximum absolute atomic E-state index is 12.2. The predicted molar refractivity (Wildman–Crippen MR) is 66.3 cm³/mol. The highest BCUT2D eigenvalue weighted by atomic mass is 16.2. The van der Waals surface area contributed by atoms with Gasteiger partial charge in [-0.15, -0.1) is 0 Å². The Morgan fingerprint density at radius 1 is 1.47 bits per heavy atom. The summed E-state index contributed by atoms with van der Waals surface area (Å²) in [6, 6.07) is 1.96. The lowest BCUT2D eigenvalue weighted by molar-refractivity contribution is -0.135. The van der Waals surface area contributed by atoms with Crippen LogP contribution in [0.25, 0.3) is 0 Å². The van der Waals surface area contributed by atoms with Gasteiger partial charge in [0.05, 0.1) is 12.2 Å². The maximum atomic E-state index is 12.2. The Labute approximate surface area is 103 Å². The Kier molecular flexibility index (Phi) is 3.82. The van der Waals surface area contributed by atoms with Crippen LogP contribution in [0.5, 0.6) is 0 Å². The molecule has 0 atom stereocenters. The first-order chi connectivity index (χ1) is 8.18. The van der Waals surface area contributed by atoms with Crippen molar-refractivity contribution in [2.45, 2.75) is 38.6 Å². The molecule has 4 heteroatoms. The Morgan fingerprint density at radius 2 is 2.18 bits per heavy atom. The molecular weight excluding hydrogens is 214 g/mol. The molecule has 4 nitrogen and oxygen atoms in total. The average Bonchev–Trinajstić information content (AvgIpc) is 2.75.